The Morgan fingerprint density at radius 2 is 1.88 bits per heavy atom. The first-order chi connectivity index (χ1) is 12.6. The molecule has 6 heteroatoms. The molecule has 26 heavy (non-hydrogen) atoms. The van der Waals surface area contributed by atoms with E-state index >= 15 is 0 Å². The van der Waals surface area contributed by atoms with Crippen LogP contribution in [-0.2, 0) is 16.0 Å². The summed E-state index contributed by atoms with van der Waals surface area (Å²) in [5.41, 5.74) is 3.13. The van der Waals surface area contributed by atoms with Crippen LogP contribution >= 0.6 is 11.3 Å². The van der Waals surface area contributed by atoms with Gasteiger partial charge in [-0.3, -0.25) is 9.59 Å². The molecule has 1 aliphatic carbocycles. The molecule has 1 aliphatic heterocycles. The maximum absolute atomic E-state index is 12.6. The second kappa shape index (κ2) is 7.19. The Balaban J connectivity index is 1.33. The number of benzene rings is 1. The van der Waals surface area contributed by atoms with Gasteiger partial charge >= 0.3 is 0 Å². The maximum Gasteiger partial charge on any atom is 0.228 e. The SMILES string of the molecule is Cc1cccc(-c2nc(CC(=O)N3CCN(C(=O)C4CC4)CC3)cs2)c1. The van der Waals surface area contributed by atoms with Gasteiger partial charge in [0.1, 0.15) is 5.01 Å². The van der Waals surface area contributed by atoms with Crippen LogP contribution in [0.2, 0.25) is 0 Å². The summed E-state index contributed by atoms with van der Waals surface area (Å²) in [7, 11) is 0. The molecule has 4 rings (SSSR count). The molecule has 5 nitrogen and oxygen atoms in total. The van der Waals surface area contributed by atoms with Crippen LogP contribution in [0.15, 0.2) is 29.6 Å². The Morgan fingerprint density at radius 1 is 1.15 bits per heavy atom. The summed E-state index contributed by atoms with van der Waals surface area (Å²) in [5, 5.41) is 2.93. The van der Waals surface area contributed by atoms with Gasteiger partial charge in [-0.15, -0.1) is 11.3 Å². The van der Waals surface area contributed by atoms with Crippen molar-refractivity contribution in [3.8, 4) is 10.6 Å². The van der Waals surface area contributed by atoms with Crippen molar-refractivity contribution in [2.24, 2.45) is 5.92 Å². The number of rotatable bonds is 4. The smallest absolute Gasteiger partial charge is 0.228 e. The van der Waals surface area contributed by atoms with Crippen LogP contribution in [0.5, 0.6) is 0 Å². The van der Waals surface area contributed by atoms with E-state index in [2.05, 4.69) is 24.0 Å². The van der Waals surface area contributed by atoms with Crippen LogP contribution < -0.4 is 0 Å². The topological polar surface area (TPSA) is 53.5 Å². The molecule has 0 radical (unpaired) electrons. The number of carbonyl (C=O) groups is 2. The van der Waals surface area contributed by atoms with E-state index < -0.39 is 0 Å². The van der Waals surface area contributed by atoms with Crippen LogP contribution in [0, 0.1) is 12.8 Å². The van der Waals surface area contributed by atoms with E-state index in [-0.39, 0.29) is 17.7 Å². The van der Waals surface area contributed by atoms with Crippen molar-refractivity contribution in [3.05, 3.63) is 40.9 Å². The first kappa shape index (κ1) is 17.2. The van der Waals surface area contributed by atoms with Gasteiger partial charge < -0.3 is 9.80 Å². The molecular weight excluding hydrogens is 346 g/mol. The van der Waals surface area contributed by atoms with Gasteiger partial charge in [0, 0.05) is 43.0 Å². The second-order valence-electron chi connectivity index (χ2n) is 7.17. The molecule has 0 unspecified atom stereocenters. The predicted octanol–water partition coefficient (Wildman–Crippen LogP) is 2.74. The summed E-state index contributed by atoms with van der Waals surface area (Å²) < 4.78 is 0. The largest absolute Gasteiger partial charge is 0.339 e. The number of aromatic nitrogens is 1. The van der Waals surface area contributed by atoms with Gasteiger partial charge in [0.05, 0.1) is 12.1 Å². The molecule has 1 saturated heterocycles. The molecule has 2 aliphatic rings. The van der Waals surface area contributed by atoms with Crippen molar-refractivity contribution in [1.82, 2.24) is 14.8 Å². The minimum atomic E-state index is 0.101. The van der Waals surface area contributed by atoms with Crippen LogP contribution in [0.1, 0.15) is 24.1 Å². The molecule has 2 heterocycles. The summed E-state index contributed by atoms with van der Waals surface area (Å²) in [6.45, 7) is 4.65. The lowest BCUT2D eigenvalue weighted by atomic mass is 10.1. The second-order valence-corrected chi connectivity index (χ2v) is 8.03. The van der Waals surface area contributed by atoms with Crippen molar-refractivity contribution in [1.29, 1.82) is 0 Å². The fraction of sp³-hybridized carbons (Fsp3) is 0.450. The van der Waals surface area contributed by atoms with E-state index in [9.17, 15) is 9.59 Å². The van der Waals surface area contributed by atoms with Crippen LogP contribution in [0.4, 0.5) is 0 Å². The standard InChI is InChI=1S/C20H23N3O2S/c1-14-3-2-4-16(11-14)19-21-17(13-26-19)12-18(24)22-7-9-23(10-8-22)20(25)15-5-6-15/h2-4,11,13,15H,5-10,12H2,1H3. The number of piperazine rings is 1. The lowest BCUT2D eigenvalue weighted by molar-refractivity contribution is -0.140. The molecule has 1 saturated carbocycles. The maximum atomic E-state index is 12.6. The zero-order chi connectivity index (χ0) is 18.1. The highest BCUT2D eigenvalue weighted by atomic mass is 32.1. The molecule has 2 amide bonds. The van der Waals surface area contributed by atoms with Gasteiger partial charge in [-0.05, 0) is 25.8 Å². The first-order valence-electron chi connectivity index (χ1n) is 9.18. The highest BCUT2D eigenvalue weighted by molar-refractivity contribution is 7.13. The number of carbonyl (C=O) groups excluding carboxylic acids is 2. The van der Waals surface area contributed by atoms with E-state index in [0.717, 1.165) is 29.1 Å². The lowest BCUT2D eigenvalue weighted by Gasteiger charge is -2.34. The van der Waals surface area contributed by atoms with Crippen molar-refractivity contribution < 1.29 is 9.59 Å². The number of aryl methyl sites for hydroxylation is 1. The zero-order valence-electron chi connectivity index (χ0n) is 15.0. The minimum Gasteiger partial charge on any atom is -0.339 e. The molecule has 2 aromatic rings. The van der Waals surface area contributed by atoms with E-state index in [0.29, 0.717) is 32.6 Å². The Hall–Kier alpha value is -2.21. The van der Waals surface area contributed by atoms with Crippen molar-refractivity contribution in [3.63, 3.8) is 0 Å². The van der Waals surface area contributed by atoms with Crippen LogP contribution in [0.25, 0.3) is 10.6 Å². The minimum absolute atomic E-state index is 0.101. The molecule has 1 aromatic carbocycles. The molecule has 136 valence electrons. The van der Waals surface area contributed by atoms with Gasteiger partial charge in [-0.1, -0.05) is 23.8 Å². The van der Waals surface area contributed by atoms with E-state index in [1.807, 2.05) is 27.3 Å². The quantitative estimate of drug-likeness (QED) is 0.833. The number of hydrogen-bond acceptors (Lipinski definition) is 4. The molecule has 0 N–H and O–H groups in total. The van der Waals surface area contributed by atoms with Crippen LogP contribution in [0.3, 0.4) is 0 Å². The predicted molar refractivity (Wildman–Crippen MR) is 102 cm³/mol. The Labute approximate surface area is 157 Å². The Morgan fingerprint density at radius 3 is 2.58 bits per heavy atom. The summed E-state index contributed by atoms with van der Waals surface area (Å²) >= 11 is 1.58. The highest BCUT2D eigenvalue weighted by Crippen LogP contribution is 2.31. The first-order valence-corrected chi connectivity index (χ1v) is 10.1. The average molecular weight is 369 g/mol. The molecular formula is C20H23N3O2S. The van der Waals surface area contributed by atoms with Gasteiger partial charge in [0.15, 0.2) is 0 Å². The summed E-state index contributed by atoms with van der Waals surface area (Å²) in [4.78, 5) is 33.1. The summed E-state index contributed by atoms with van der Waals surface area (Å²) in [6, 6.07) is 8.25. The third-order valence-corrected chi connectivity index (χ3v) is 5.96. The lowest BCUT2D eigenvalue weighted by Crippen LogP contribution is -2.51. The molecule has 0 bridgehead atoms. The average Bonchev–Trinajstić information content (AvgIpc) is 3.40. The molecule has 1 aromatic heterocycles. The van der Waals surface area contributed by atoms with Gasteiger partial charge in [0.2, 0.25) is 11.8 Å². The van der Waals surface area contributed by atoms with Crippen molar-refractivity contribution >= 4 is 23.2 Å². The molecule has 0 atom stereocenters. The monoisotopic (exact) mass is 369 g/mol. The van der Waals surface area contributed by atoms with Gasteiger partial charge in [0.25, 0.3) is 0 Å². The van der Waals surface area contributed by atoms with E-state index in [4.69, 9.17) is 0 Å². The summed E-state index contributed by atoms with van der Waals surface area (Å²) in [5.74, 6) is 0.635. The number of amides is 2. The number of hydrogen-bond donors (Lipinski definition) is 0. The summed E-state index contributed by atoms with van der Waals surface area (Å²) in [6.07, 6.45) is 2.40. The van der Waals surface area contributed by atoms with Gasteiger partial charge in [-0.2, -0.15) is 0 Å². The Kier molecular flexibility index (Phi) is 4.76. The number of nitrogens with zero attached hydrogens (tertiary/aromatic N) is 3. The molecule has 0 spiro atoms. The third-order valence-electron chi connectivity index (χ3n) is 5.02. The van der Waals surface area contributed by atoms with Crippen molar-refractivity contribution in [2.45, 2.75) is 26.2 Å². The zero-order valence-corrected chi connectivity index (χ0v) is 15.8. The van der Waals surface area contributed by atoms with E-state index in [1.54, 1.807) is 11.3 Å². The fourth-order valence-electron chi connectivity index (χ4n) is 3.33. The Bertz CT molecular complexity index is 820. The van der Waals surface area contributed by atoms with Gasteiger partial charge in [-0.25, -0.2) is 4.98 Å². The molecule has 2 fully saturated rings. The fourth-order valence-corrected chi connectivity index (χ4v) is 4.15. The van der Waals surface area contributed by atoms with Crippen molar-refractivity contribution in [2.75, 3.05) is 26.2 Å². The van der Waals surface area contributed by atoms with Crippen LogP contribution in [-0.4, -0.2) is 52.8 Å². The van der Waals surface area contributed by atoms with E-state index in [1.165, 1.54) is 5.56 Å². The normalized spacial score (nSPS) is 17.4. The number of thiazole rings is 1. The highest BCUT2D eigenvalue weighted by Gasteiger charge is 2.35. The third kappa shape index (κ3) is 3.80.